The Kier molecular flexibility index (Phi) is 4.99. The van der Waals surface area contributed by atoms with E-state index in [1.807, 2.05) is 30.3 Å². The quantitative estimate of drug-likeness (QED) is 0.235. The van der Waals surface area contributed by atoms with Crippen molar-refractivity contribution in [1.29, 1.82) is 0 Å². The van der Waals surface area contributed by atoms with Crippen molar-refractivity contribution >= 4 is 40.8 Å². The second-order valence-corrected chi connectivity index (χ2v) is 9.08. The maximum absolute atomic E-state index is 13.8. The lowest BCUT2D eigenvalue weighted by Gasteiger charge is -2.26. The summed E-state index contributed by atoms with van der Waals surface area (Å²) < 4.78 is 6.14. The van der Waals surface area contributed by atoms with Gasteiger partial charge in [0.15, 0.2) is 0 Å². The Balaban J connectivity index is 1.46. The maximum atomic E-state index is 13.8. The molecule has 0 radical (unpaired) electrons. The fourth-order valence-corrected chi connectivity index (χ4v) is 5.49. The minimum absolute atomic E-state index is 0.117. The standard InChI is InChI=1S/C28H18N2O7/c31-24-19-8-4-5-9-20(19)25(32)28(24)23-22(21(37-28)15-10-16-6-2-1-3-7-16)26(33)29(27(23)34)17-11-13-18(14-12-17)30(35)36/h1-15,21-23H. The summed E-state index contributed by atoms with van der Waals surface area (Å²) in [7, 11) is 0. The number of hydrogen-bond acceptors (Lipinski definition) is 7. The molecule has 37 heavy (non-hydrogen) atoms. The molecule has 6 rings (SSSR count). The normalized spacial score (nSPS) is 23.8. The van der Waals surface area contributed by atoms with Crippen LogP contribution in [-0.2, 0) is 14.3 Å². The molecule has 2 amide bonds. The molecule has 3 unspecified atom stereocenters. The van der Waals surface area contributed by atoms with Gasteiger partial charge in [-0.3, -0.25) is 29.3 Å². The lowest BCUT2D eigenvalue weighted by Crippen LogP contribution is -2.51. The van der Waals surface area contributed by atoms with Crippen molar-refractivity contribution in [3.63, 3.8) is 0 Å². The third kappa shape index (κ3) is 3.14. The highest BCUT2D eigenvalue weighted by atomic mass is 16.6. The average molecular weight is 494 g/mol. The summed E-state index contributed by atoms with van der Waals surface area (Å²) in [4.78, 5) is 66.2. The summed E-state index contributed by atoms with van der Waals surface area (Å²) in [5.74, 6) is -5.21. The summed E-state index contributed by atoms with van der Waals surface area (Å²) in [5, 5.41) is 11.1. The Bertz CT molecular complexity index is 1490. The van der Waals surface area contributed by atoms with Gasteiger partial charge in [-0.1, -0.05) is 66.7 Å². The number of non-ortho nitro benzene ring substituents is 1. The summed E-state index contributed by atoms with van der Waals surface area (Å²) in [6.07, 6.45) is 2.27. The minimum Gasteiger partial charge on any atom is -0.350 e. The molecule has 9 nitrogen and oxygen atoms in total. The van der Waals surface area contributed by atoms with Crippen LogP contribution in [0.15, 0.2) is 84.9 Å². The molecular formula is C28H18N2O7. The molecule has 0 aromatic heterocycles. The van der Waals surface area contributed by atoms with Crippen LogP contribution in [0.3, 0.4) is 0 Å². The summed E-state index contributed by atoms with van der Waals surface area (Å²) >= 11 is 0. The predicted molar refractivity (Wildman–Crippen MR) is 131 cm³/mol. The summed E-state index contributed by atoms with van der Waals surface area (Å²) in [6, 6.07) is 20.4. The number of Topliss-reactive ketones (excluding diaryl/α,β-unsaturated/α-hetero) is 2. The Morgan fingerprint density at radius 2 is 1.41 bits per heavy atom. The molecular weight excluding hydrogens is 476 g/mol. The van der Waals surface area contributed by atoms with E-state index >= 15 is 0 Å². The number of amides is 2. The number of hydrogen-bond donors (Lipinski definition) is 0. The number of imide groups is 1. The second kappa shape index (κ2) is 8.14. The van der Waals surface area contributed by atoms with E-state index in [9.17, 15) is 29.3 Å². The zero-order chi connectivity index (χ0) is 25.9. The van der Waals surface area contributed by atoms with Crippen molar-refractivity contribution in [2.24, 2.45) is 11.8 Å². The van der Waals surface area contributed by atoms with Crippen LogP contribution in [0.25, 0.3) is 6.08 Å². The smallest absolute Gasteiger partial charge is 0.269 e. The highest BCUT2D eigenvalue weighted by molar-refractivity contribution is 6.37. The van der Waals surface area contributed by atoms with Crippen LogP contribution in [0.5, 0.6) is 0 Å². The molecule has 3 aromatic rings. The second-order valence-electron chi connectivity index (χ2n) is 9.08. The molecule has 1 spiro atoms. The van der Waals surface area contributed by atoms with Crippen molar-refractivity contribution in [1.82, 2.24) is 0 Å². The molecule has 0 saturated carbocycles. The largest absolute Gasteiger partial charge is 0.350 e. The number of nitro groups is 1. The number of carbonyl (C=O) groups is 4. The fourth-order valence-electron chi connectivity index (χ4n) is 5.49. The first kappa shape index (κ1) is 22.7. The molecule has 2 heterocycles. The molecule has 2 fully saturated rings. The van der Waals surface area contributed by atoms with E-state index in [0.29, 0.717) is 0 Å². The van der Waals surface area contributed by atoms with E-state index in [-0.39, 0.29) is 22.5 Å². The van der Waals surface area contributed by atoms with Crippen LogP contribution < -0.4 is 4.90 Å². The van der Waals surface area contributed by atoms with Crippen LogP contribution in [0.1, 0.15) is 26.3 Å². The maximum Gasteiger partial charge on any atom is 0.269 e. The Morgan fingerprint density at radius 1 is 0.811 bits per heavy atom. The van der Waals surface area contributed by atoms with E-state index in [2.05, 4.69) is 0 Å². The third-order valence-electron chi connectivity index (χ3n) is 7.15. The lowest BCUT2D eigenvalue weighted by molar-refractivity contribution is -0.384. The number of anilines is 1. The number of nitrogens with zero attached hydrogens (tertiary/aromatic N) is 2. The Morgan fingerprint density at radius 3 is 2.00 bits per heavy atom. The molecule has 9 heteroatoms. The molecule has 3 atom stereocenters. The van der Waals surface area contributed by atoms with Gasteiger partial charge in [0.25, 0.3) is 5.69 Å². The van der Waals surface area contributed by atoms with Gasteiger partial charge in [0.1, 0.15) is 0 Å². The van der Waals surface area contributed by atoms with Gasteiger partial charge >= 0.3 is 0 Å². The zero-order valence-electron chi connectivity index (χ0n) is 19.1. The average Bonchev–Trinajstić information content (AvgIpc) is 3.47. The van der Waals surface area contributed by atoms with Crippen molar-refractivity contribution in [3.8, 4) is 0 Å². The van der Waals surface area contributed by atoms with Gasteiger partial charge in [0, 0.05) is 23.3 Å². The molecule has 0 N–H and O–H groups in total. The van der Waals surface area contributed by atoms with Gasteiger partial charge in [0.2, 0.25) is 29.0 Å². The number of rotatable bonds is 4. The van der Waals surface area contributed by atoms with Gasteiger partial charge < -0.3 is 4.74 Å². The van der Waals surface area contributed by atoms with Crippen molar-refractivity contribution in [2.45, 2.75) is 11.7 Å². The summed E-state index contributed by atoms with van der Waals surface area (Å²) in [6.45, 7) is 0. The Labute approximate surface area is 210 Å². The number of fused-ring (bicyclic) bond motifs is 3. The number of carbonyl (C=O) groups excluding carboxylic acids is 4. The van der Waals surface area contributed by atoms with Crippen LogP contribution >= 0.6 is 0 Å². The van der Waals surface area contributed by atoms with Crippen LogP contribution in [0.4, 0.5) is 11.4 Å². The number of ether oxygens (including phenoxy) is 1. The van der Waals surface area contributed by atoms with Gasteiger partial charge in [-0.05, 0) is 17.7 Å². The van der Waals surface area contributed by atoms with Crippen molar-refractivity contribution in [2.75, 3.05) is 4.90 Å². The first-order chi connectivity index (χ1) is 17.8. The van der Waals surface area contributed by atoms with Crippen molar-refractivity contribution in [3.05, 3.63) is 112 Å². The van der Waals surface area contributed by atoms with Crippen LogP contribution in [0, 0.1) is 22.0 Å². The highest BCUT2D eigenvalue weighted by Gasteiger charge is 2.74. The SMILES string of the molecule is O=C1C2C(C=Cc3ccccc3)OC3(C(=O)c4ccccc4C3=O)C2C(=O)N1c1ccc([N+](=O)[O-])cc1. The van der Waals surface area contributed by atoms with Crippen molar-refractivity contribution < 1.29 is 28.8 Å². The highest BCUT2D eigenvalue weighted by Crippen LogP contribution is 2.53. The first-order valence-corrected chi connectivity index (χ1v) is 11.6. The number of benzene rings is 3. The zero-order valence-corrected chi connectivity index (χ0v) is 19.1. The fraction of sp³-hybridized carbons (Fsp3) is 0.143. The molecule has 2 aliphatic heterocycles. The Hall–Kier alpha value is -4.76. The molecule has 182 valence electrons. The van der Waals surface area contributed by atoms with Gasteiger partial charge in [-0.2, -0.15) is 0 Å². The monoisotopic (exact) mass is 494 g/mol. The van der Waals surface area contributed by atoms with E-state index in [0.717, 1.165) is 10.5 Å². The number of ketones is 2. The first-order valence-electron chi connectivity index (χ1n) is 11.6. The molecule has 1 aliphatic carbocycles. The van der Waals surface area contributed by atoms with E-state index in [4.69, 9.17) is 4.74 Å². The van der Waals surface area contributed by atoms with E-state index in [1.54, 1.807) is 24.3 Å². The summed E-state index contributed by atoms with van der Waals surface area (Å²) in [5.41, 5.74) is -1.15. The van der Waals surface area contributed by atoms with Gasteiger partial charge in [-0.25, -0.2) is 4.90 Å². The number of nitro benzene ring substituents is 1. The predicted octanol–water partition coefficient (Wildman–Crippen LogP) is 3.63. The lowest BCUT2D eigenvalue weighted by atomic mass is 9.78. The molecule has 3 aliphatic rings. The van der Waals surface area contributed by atoms with Gasteiger partial charge in [0.05, 0.1) is 28.6 Å². The van der Waals surface area contributed by atoms with Gasteiger partial charge in [-0.15, -0.1) is 0 Å². The van der Waals surface area contributed by atoms with E-state index < -0.39 is 51.8 Å². The molecule has 2 saturated heterocycles. The third-order valence-corrected chi connectivity index (χ3v) is 7.15. The molecule has 3 aromatic carbocycles. The minimum atomic E-state index is -2.16. The van der Waals surface area contributed by atoms with Crippen LogP contribution in [-0.4, -0.2) is 40.0 Å². The molecule has 0 bridgehead atoms. The van der Waals surface area contributed by atoms with Crippen LogP contribution in [0.2, 0.25) is 0 Å². The topological polar surface area (TPSA) is 124 Å². The van der Waals surface area contributed by atoms with E-state index in [1.165, 1.54) is 36.4 Å².